The third kappa shape index (κ3) is 3.86. The molecule has 156 valence electrons. The van der Waals surface area contributed by atoms with E-state index in [0.717, 1.165) is 53.6 Å². The van der Waals surface area contributed by atoms with Crippen molar-refractivity contribution in [2.75, 3.05) is 11.9 Å². The van der Waals surface area contributed by atoms with Crippen LogP contribution in [0.1, 0.15) is 46.7 Å². The van der Waals surface area contributed by atoms with Crippen LogP contribution in [0, 0.1) is 6.92 Å². The molecule has 2 heterocycles. The summed E-state index contributed by atoms with van der Waals surface area (Å²) in [7, 11) is 0. The highest BCUT2D eigenvalue weighted by molar-refractivity contribution is 6.30. The van der Waals surface area contributed by atoms with E-state index in [9.17, 15) is 0 Å². The summed E-state index contributed by atoms with van der Waals surface area (Å²) in [5.74, 6) is 1.19. The molecule has 0 atom stereocenters. The molecule has 1 aliphatic rings. The molecule has 0 saturated heterocycles. The van der Waals surface area contributed by atoms with Crippen LogP contribution >= 0.6 is 11.6 Å². The van der Waals surface area contributed by atoms with Crippen molar-refractivity contribution in [3.05, 3.63) is 112 Å². The van der Waals surface area contributed by atoms with Gasteiger partial charge in [0.05, 0.1) is 17.3 Å². The highest BCUT2D eigenvalue weighted by Gasteiger charge is 2.28. The van der Waals surface area contributed by atoms with E-state index in [1.165, 1.54) is 16.7 Å². The predicted molar refractivity (Wildman–Crippen MR) is 129 cm³/mol. The van der Waals surface area contributed by atoms with E-state index in [1.54, 1.807) is 0 Å². The number of fused-ring (bicyclic) bond motifs is 1. The molecule has 0 amide bonds. The Morgan fingerprint density at radius 3 is 2.26 bits per heavy atom. The molecule has 5 rings (SSSR count). The number of hydrogen-bond acceptors (Lipinski definition) is 2. The Morgan fingerprint density at radius 2 is 1.58 bits per heavy atom. The van der Waals surface area contributed by atoms with Crippen LogP contribution in [-0.2, 0) is 6.42 Å². The van der Waals surface area contributed by atoms with Gasteiger partial charge in [-0.2, -0.15) is 5.10 Å². The fraction of sp³-hybridized carbons (Fsp3) is 0.222. The minimum Gasteiger partial charge on any atom is -0.370 e. The summed E-state index contributed by atoms with van der Waals surface area (Å²) in [6.45, 7) is 3.07. The quantitative estimate of drug-likeness (QED) is 0.389. The summed E-state index contributed by atoms with van der Waals surface area (Å²) in [4.78, 5) is 0. The molecule has 4 heteroatoms. The standard InChI is InChI=1S/C27H26ClN3/c1-19-15-16-22(28)18-24(19)31-27-23(14-8-9-17-29-27)26(30-31)25(20-10-4-2-5-11-20)21-12-6-3-7-13-21/h2-7,10-13,15-16,18,25,29H,8-9,14,17H2,1H3. The average Bonchev–Trinajstić information content (AvgIpc) is 2.97. The molecule has 0 bridgehead atoms. The van der Waals surface area contributed by atoms with E-state index < -0.39 is 0 Å². The molecular weight excluding hydrogens is 402 g/mol. The van der Waals surface area contributed by atoms with E-state index in [-0.39, 0.29) is 5.92 Å². The van der Waals surface area contributed by atoms with E-state index in [1.807, 2.05) is 12.1 Å². The zero-order valence-corrected chi connectivity index (χ0v) is 18.4. The highest BCUT2D eigenvalue weighted by Crippen LogP contribution is 2.39. The van der Waals surface area contributed by atoms with Crippen molar-refractivity contribution in [3.63, 3.8) is 0 Å². The lowest BCUT2D eigenvalue weighted by atomic mass is 9.86. The summed E-state index contributed by atoms with van der Waals surface area (Å²) in [6.07, 6.45) is 3.33. The summed E-state index contributed by atoms with van der Waals surface area (Å²) < 4.78 is 2.08. The van der Waals surface area contributed by atoms with Crippen molar-refractivity contribution in [3.8, 4) is 5.69 Å². The number of benzene rings is 3. The zero-order valence-electron chi connectivity index (χ0n) is 17.7. The van der Waals surface area contributed by atoms with Crippen molar-refractivity contribution >= 4 is 17.4 Å². The molecule has 0 fully saturated rings. The van der Waals surface area contributed by atoms with E-state index in [2.05, 4.69) is 83.7 Å². The number of aromatic nitrogens is 2. The Bertz CT molecular complexity index is 1140. The van der Waals surface area contributed by atoms with Crippen molar-refractivity contribution in [1.82, 2.24) is 9.78 Å². The molecule has 3 aromatic carbocycles. The molecule has 1 aromatic heterocycles. The molecule has 3 nitrogen and oxygen atoms in total. The third-order valence-corrected chi connectivity index (χ3v) is 6.33. The maximum absolute atomic E-state index is 6.38. The van der Waals surface area contributed by atoms with Crippen LogP contribution in [0.4, 0.5) is 5.82 Å². The van der Waals surface area contributed by atoms with E-state index in [4.69, 9.17) is 16.7 Å². The first-order valence-electron chi connectivity index (χ1n) is 10.9. The van der Waals surface area contributed by atoms with Gasteiger partial charge in [-0.25, -0.2) is 4.68 Å². The monoisotopic (exact) mass is 427 g/mol. The summed E-state index contributed by atoms with van der Waals surface area (Å²) in [5.41, 5.74) is 7.14. The lowest BCUT2D eigenvalue weighted by Crippen LogP contribution is -2.09. The lowest BCUT2D eigenvalue weighted by molar-refractivity contribution is 0.754. The molecule has 1 N–H and O–H groups in total. The Balaban J connectivity index is 1.76. The van der Waals surface area contributed by atoms with Gasteiger partial charge in [0.2, 0.25) is 0 Å². The van der Waals surface area contributed by atoms with Crippen LogP contribution in [0.5, 0.6) is 0 Å². The Hall–Kier alpha value is -3.04. The normalized spacial score (nSPS) is 13.5. The van der Waals surface area contributed by atoms with Gasteiger partial charge in [-0.1, -0.05) is 78.3 Å². The topological polar surface area (TPSA) is 29.9 Å². The van der Waals surface area contributed by atoms with Crippen LogP contribution in [0.25, 0.3) is 5.69 Å². The molecular formula is C27H26ClN3. The van der Waals surface area contributed by atoms with Crippen LogP contribution in [0.15, 0.2) is 78.9 Å². The van der Waals surface area contributed by atoms with Gasteiger partial charge >= 0.3 is 0 Å². The second kappa shape index (κ2) is 8.60. The molecule has 0 unspecified atom stereocenters. The molecule has 0 radical (unpaired) electrons. The minimum absolute atomic E-state index is 0.0804. The highest BCUT2D eigenvalue weighted by atomic mass is 35.5. The first-order chi connectivity index (χ1) is 15.2. The molecule has 0 aliphatic carbocycles. The number of nitrogens with zero attached hydrogens (tertiary/aromatic N) is 2. The van der Waals surface area contributed by atoms with Crippen LogP contribution in [-0.4, -0.2) is 16.3 Å². The molecule has 0 spiro atoms. The first-order valence-corrected chi connectivity index (χ1v) is 11.3. The van der Waals surface area contributed by atoms with E-state index >= 15 is 0 Å². The van der Waals surface area contributed by atoms with Crippen LogP contribution < -0.4 is 5.32 Å². The Morgan fingerprint density at radius 1 is 0.903 bits per heavy atom. The van der Waals surface area contributed by atoms with Crippen LogP contribution in [0.3, 0.4) is 0 Å². The average molecular weight is 428 g/mol. The minimum atomic E-state index is 0.0804. The van der Waals surface area contributed by atoms with Crippen molar-refractivity contribution in [1.29, 1.82) is 0 Å². The zero-order chi connectivity index (χ0) is 21.2. The van der Waals surface area contributed by atoms with Gasteiger partial charge in [0.1, 0.15) is 5.82 Å². The second-order valence-electron chi connectivity index (χ2n) is 8.19. The lowest BCUT2D eigenvalue weighted by Gasteiger charge is -2.18. The third-order valence-electron chi connectivity index (χ3n) is 6.10. The number of rotatable bonds is 4. The fourth-order valence-electron chi connectivity index (χ4n) is 4.55. The predicted octanol–water partition coefficient (Wildman–Crippen LogP) is 6.76. The molecule has 31 heavy (non-hydrogen) atoms. The van der Waals surface area contributed by atoms with Gasteiger partial charge in [-0.3, -0.25) is 0 Å². The van der Waals surface area contributed by atoms with Crippen molar-refractivity contribution in [2.24, 2.45) is 0 Å². The number of nitrogens with one attached hydrogen (secondary N) is 1. The summed E-state index contributed by atoms with van der Waals surface area (Å²) >= 11 is 6.38. The SMILES string of the molecule is Cc1ccc(Cl)cc1-n1nc(C(c2ccccc2)c2ccccc2)c2c1NCCCC2. The maximum atomic E-state index is 6.38. The van der Waals surface area contributed by atoms with Gasteiger partial charge in [0, 0.05) is 17.1 Å². The van der Waals surface area contributed by atoms with Gasteiger partial charge in [0.15, 0.2) is 0 Å². The van der Waals surface area contributed by atoms with E-state index in [0.29, 0.717) is 0 Å². The smallest absolute Gasteiger partial charge is 0.133 e. The van der Waals surface area contributed by atoms with Gasteiger partial charge in [-0.15, -0.1) is 0 Å². The molecule has 0 saturated carbocycles. The molecule has 4 aromatic rings. The number of hydrogen-bond donors (Lipinski definition) is 1. The fourth-order valence-corrected chi connectivity index (χ4v) is 4.71. The van der Waals surface area contributed by atoms with Crippen LogP contribution in [0.2, 0.25) is 5.02 Å². The maximum Gasteiger partial charge on any atom is 0.133 e. The second-order valence-corrected chi connectivity index (χ2v) is 8.63. The van der Waals surface area contributed by atoms with Crippen molar-refractivity contribution in [2.45, 2.75) is 32.1 Å². The Labute approximate surface area is 188 Å². The first kappa shape index (κ1) is 19.9. The van der Waals surface area contributed by atoms with Crippen molar-refractivity contribution < 1.29 is 0 Å². The van der Waals surface area contributed by atoms with Gasteiger partial charge in [-0.05, 0) is 55.0 Å². The Kier molecular flexibility index (Phi) is 5.52. The van der Waals surface area contributed by atoms with Gasteiger partial charge in [0.25, 0.3) is 0 Å². The number of anilines is 1. The summed E-state index contributed by atoms with van der Waals surface area (Å²) in [5, 5.41) is 9.65. The van der Waals surface area contributed by atoms with Gasteiger partial charge < -0.3 is 5.32 Å². The number of aryl methyl sites for hydroxylation is 1. The molecule has 1 aliphatic heterocycles. The summed E-state index contributed by atoms with van der Waals surface area (Å²) in [6, 6.07) is 27.4. The number of halogens is 1. The largest absolute Gasteiger partial charge is 0.370 e.